The summed E-state index contributed by atoms with van der Waals surface area (Å²) in [5.41, 5.74) is 1.99. The molecule has 0 N–H and O–H groups in total. The quantitative estimate of drug-likeness (QED) is 0.386. The van der Waals surface area contributed by atoms with Gasteiger partial charge >= 0.3 is 0 Å². The first-order valence-corrected chi connectivity index (χ1v) is 12.0. The Balaban J connectivity index is 2.01. The van der Waals surface area contributed by atoms with Crippen molar-refractivity contribution in [1.82, 2.24) is 14.5 Å². The van der Waals surface area contributed by atoms with E-state index in [-0.39, 0.29) is 29.3 Å². The Morgan fingerprint density at radius 2 is 1.77 bits per heavy atom. The van der Waals surface area contributed by atoms with Gasteiger partial charge in [-0.15, -0.1) is 11.3 Å². The van der Waals surface area contributed by atoms with E-state index in [2.05, 4.69) is 0 Å². The number of thioether (sulfide) groups is 1. The molecule has 2 aromatic heterocycles. The van der Waals surface area contributed by atoms with E-state index in [4.69, 9.17) is 4.98 Å². The monoisotopic (exact) mass is 443 g/mol. The number of thiophene rings is 1. The van der Waals surface area contributed by atoms with Crippen molar-refractivity contribution < 1.29 is 4.79 Å². The van der Waals surface area contributed by atoms with Crippen LogP contribution in [0.3, 0.4) is 0 Å². The van der Waals surface area contributed by atoms with E-state index in [9.17, 15) is 9.59 Å². The van der Waals surface area contributed by atoms with Crippen LogP contribution in [0.2, 0.25) is 0 Å². The van der Waals surface area contributed by atoms with Crippen molar-refractivity contribution in [1.29, 1.82) is 0 Å². The van der Waals surface area contributed by atoms with Crippen LogP contribution in [-0.2, 0) is 11.3 Å². The van der Waals surface area contributed by atoms with Crippen LogP contribution in [0.1, 0.15) is 43.7 Å². The second-order valence-corrected chi connectivity index (χ2v) is 10.2. The van der Waals surface area contributed by atoms with Gasteiger partial charge in [0.25, 0.3) is 5.56 Å². The molecule has 3 rings (SSSR count). The lowest BCUT2D eigenvalue weighted by atomic mass is 10.2. The number of hydrogen-bond donors (Lipinski definition) is 0. The molecule has 160 valence electrons. The van der Waals surface area contributed by atoms with Gasteiger partial charge < -0.3 is 4.90 Å². The molecule has 0 spiro atoms. The predicted molar refractivity (Wildman–Crippen MR) is 127 cm³/mol. The van der Waals surface area contributed by atoms with E-state index in [1.54, 1.807) is 4.57 Å². The Hall–Kier alpha value is -2.12. The Morgan fingerprint density at radius 3 is 2.37 bits per heavy atom. The fraction of sp³-hybridized carbons (Fsp3) is 0.435. The number of hydrogen-bond acceptors (Lipinski definition) is 5. The van der Waals surface area contributed by atoms with Gasteiger partial charge in [-0.1, -0.05) is 42.1 Å². The van der Waals surface area contributed by atoms with Gasteiger partial charge in [-0.2, -0.15) is 0 Å². The molecule has 3 aromatic rings. The molecule has 0 aliphatic heterocycles. The molecule has 0 atom stereocenters. The first-order chi connectivity index (χ1) is 14.2. The van der Waals surface area contributed by atoms with Crippen molar-refractivity contribution in [3.8, 4) is 0 Å². The largest absolute Gasteiger partial charge is 0.337 e. The summed E-state index contributed by atoms with van der Waals surface area (Å²) in [5, 5.41) is 1.29. The maximum Gasteiger partial charge on any atom is 0.263 e. The lowest BCUT2D eigenvalue weighted by Gasteiger charge is -2.30. The van der Waals surface area contributed by atoms with Crippen LogP contribution >= 0.6 is 23.1 Å². The minimum atomic E-state index is -0.0368. The number of amides is 1. The lowest BCUT2D eigenvalue weighted by Crippen LogP contribution is -2.43. The van der Waals surface area contributed by atoms with Crippen LogP contribution < -0.4 is 5.56 Å². The van der Waals surface area contributed by atoms with Crippen LogP contribution in [0, 0.1) is 13.8 Å². The van der Waals surface area contributed by atoms with E-state index >= 15 is 0 Å². The summed E-state index contributed by atoms with van der Waals surface area (Å²) in [6, 6.07) is 10.1. The molecule has 1 amide bonds. The number of nitrogens with zero attached hydrogens (tertiary/aromatic N) is 3. The molecule has 0 radical (unpaired) electrons. The molecule has 7 heteroatoms. The van der Waals surface area contributed by atoms with Crippen molar-refractivity contribution in [3.05, 3.63) is 56.7 Å². The van der Waals surface area contributed by atoms with Gasteiger partial charge in [0.05, 0.1) is 17.7 Å². The highest BCUT2D eigenvalue weighted by Gasteiger charge is 2.22. The van der Waals surface area contributed by atoms with E-state index in [1.807, 2.05) is 76.8 Å². The Kier molecular flexibility index (Phi) is 7.03. The highest BCUT2D eigenvalue weighted by atomic mass is 32.2. The summed E-state index contributed by atoms with van der Waals surface area (Å²) in [6.45, 7) is 12.5. The molecule has 0 bridgehead atoms. The minimum Gasteiger partial charge on any atom is -0.337 e. The Morgan fingerprint density at radius 1 is 1.13 bits per heavy atom. The van der Waals surface area contributed by atoms with Crippen molar-refractivity contribution >= 4 is 39.2 Å². The van der Waals surface area contributed by atoms with Gasteiger partial charge in [0.2, 0.25) is 5.91 Å². The summed E-state index contributed by atoms with van der Waals surface area (Å²) in [5.74, 6) is 0.316. The second-order valence-electron chi connectivity index (χ2n) is 8.01. The molecule has 0 aliphatic carbocycles. The number of fused-ring (bicyclic) bond motifs is 1. The Bertz CT molecular complexity index is 1090. The van der Waals surface area contributed by atoms with Gasteiger partial charge in [0.15, 0.2) is 5.16 Å². The summed E-state index contributed by atoms with van der Waals surface area (Å²) in [4.78, 5) is 34.8. The van der Waals surface area contributed by atoms with Crippen LogP contribution in [-0.4, -0.2) is 38.2 Å². The van der Waals surface area contributed by atoms with E-state index in [0.717, 1.165) is 20.8 Å². The second kappa shape index (κ2) is 9.35. The number of carbonyl (C=O) groups excluding carboxylic acids is 1. The van der Waals surface area contributed by atoms with Gasteiger partial charge in [-0.25, -0.2) is 4.98 Å². The van der Waals surface area contributed by atoms with Crippen molar-refractivity contribution in [2.24, 2.45) is 0 Å². The lowest BCUT2D eigenvalue weighted by molar-refractivity contribution is -0.131. The maximum atomic E-state index is 13.4. The molecule has 0 saturated heterocycles. The number of carbonyl (C=O) groups is 1. The maximum absolute atomic E-state index is 13.4. The van der Waals surface area contributed by atoms with Gasteiger partial charge in [-0.05, 0) is 52.7 Å². The smallest absolute Gasteiger partial charge is 0.263 e. The molecule has 0 aliphatic rings. The van der Waals surface area contributed by atoms with E-state index in [1.165, 1.54) is 23.1 Å². The third-order valence-electron chi connectivity index (χ3n) is 5.16. The fourth-order valence-corrected chi connectivity index (χ4v) is 5.64. The van der Waals surface area contributed by atoms with Crippen LogP contribution in [0.15, 0.2) is 40.3 Å². The molecular formula is C23H29N3O2S2. The zero-order valence-electron chi connectivity index (χ0n) is 18.4. The number of aromatic nitrogens is 2. The van der Waals surface area contributed by atoms with Crippen molar-refractivity contribution in [3.63, 3.8) is 0 Å². The topological polar surface area (TPSA) is 55.2 Å². The molecular weight excluding hydrogens is 414 g/mol. The molecule has 2 heterocycles. The van der Waals surface area contributed by atoms with E-state index < -0.39 is 0 Å². The molecule has 0 saturated carbocycles. The van der Waals surface area contributed by atoms with E-state index in [0.29, 0.717) is 17.1 Å². The number of benzene rings is 1. The third-order valence-corrected chi connectivity index (χ3v) is 7.23. The molecule has 5 nitrogen and oxygen atoms in total. The average Bonchev–Trinajstić information content (AvgIpc) is 2.97. The summed E-state index contributed by atoms with van der Waals surface area (Å²) < 4.78 is 1.71. The van der Waals surface area contributed by atoms with Crippen LogP contribution in [0.5, 0.6) is 0 Å². The predicted octanol–water partition coefficient (Wildman–Crippen LogP) is 4.86. The average molecular weight is 444 g/mol. The zero-order chi connectivity index (χ0) is 22.0. The van der Waals surface area contributed by atoms with Crippen molar-refractivity contribution in [2.75, 3.05) is 5.75 Å². The fourth-order valence-electron chi connectivity index (χ4n) is 3.70. The normalized spacial score (nSPS) is 11.6. The molecule has 0 fully saturated rings. The number of rotatable bonds is 7. The molecule has 0 unspecified atom stereocenters. The van der Waals surface area contributed by atoms with Crippen molar-refractivity contribution in [2.45, 2.75) is 65.3 Å². The highest BCUT2D eigenvalue weighted by Crippen LogP contribution is 2.29. The summed E-state index contributed by atoms with van der Waals surface area (Å²) >= 11 is 2.89. The standard InChI is InChI=1S/C23H29N3O2S2/c1-14(2)26(15(3)4)19(27)13-29-23-24-21-20(16(5)17(6)30-21)22(28)25(23)12-18-10-8-7-9-11-18/h7-11,14-15H,12-13H2,1-6H3. The first kappa shape index (κ1) is 22.6. The molecule has 1 aromatic carbocycles. The first-order valence-electron chi connectivity index (χ1n) is 10.2. The van der Waals surface area contributed by atoms with Crippen LogP contribution in [0.25, 0.3) is 10.2 Å². The highest BCUT2D eigenvalue weighted by molar-refractivity contribution is 7.99. The minimum absolute atomic E-state index is 0.0368. The Labute approximate surface area is 186 Å². The summed E-state index contributed by atoms with van der Waals surface area (Å²) in [6.07, 6.45) is 0. The number of aryl methyl sites for hydroxylation is 2. The van der Waals surface area contributed by atoms with Crippen LogP contribution in [0.4, 0.5) is 0 Å². The zero-order valence-corrected chi connectivity index (χ0v) is 20.1. The third kappa shape index (κ3) is 4.62. The van der Waals surface area contributed by atoms with Gasteiger partial charge in [0, 0.05) is 17.0 Å². The SMILES string of the molecule is Cc1sc2nc(SCC(=O)N(C(C)C)C(C)C)n(Cc3ccccc3)c(=O)c2c1C. The van der Waals surface area contributed by atoms with Gasteiger partial charge in [0.1, 0.15) is 4.83 Å². The summed E-state index contributed by atoms with van der Waals surface area (Å²) in [7, 11) is 0. The van der Waals surface area contributed by atoms with Gasteiger partial charge in [-0.3, -0.25) is 14.2 Å². The molecule has 30 heavy (non-hydrogen) atoms.